The molecule has 0 aliphatic carbocycles. The van der Waals surface area contributed by atoms with E-state index in [4.69, 9.17) is 5.26 Å². The number of rotatable bonds is 4. The van der Waals surface area contributed by atoms with Crippen molar-refractivity contribution < 1.29 is 0 Å². The topological polar surface area (TPSA) is 83.2 Å². The van der Waals surface area contributed by atoms with E-state index in [1.54, 1.807) is 17.5 Å². The molecule has 0 aliphatic rings. The molecule has 4 rings (SSSR count). The number of aromatic amines is 1. The van der Waals surface area contributed by atoms with E-state index in [9.17, 15) is 0 Å². The summed E-state index contributed by atoms with van der Waals surface area (Å²) < 4.78 is 1.83. The van der Waals surface area contributed by atoms with Crippen molar-refractivity contribution in [2.75, 3.05) is 0 Å². The number of nitrogens with zero attached hydrogens (tertiary/aromatic N) is 5. The molecule has 4 aromatic heterocycles. The molecule has 0 fully saturated rings. The Morgan fingerprint density at radius 2 is 2.30 bits per heavy atom. The van der Waals surface area contributed by atoms with E-state index < -0.39 is 0 Å². The molecule has 112 valence electrons. The van der Waals surface area contributed by atoms with Crippen LogP contribution in [-0.4, -0.2) is 24.7 Å². The molecular formula is C16H12N6S. The summed E-state index contributed by atoms with van der Waals surface area (Å²) in [5.41, 5.74) is 3.65. The molecule has 4 aromatic rings. The van der Waals surface area contributed by atoms with Crippen LogP contribution in [0.2, 0.25) is 0 Å². The van der Waals surface area contributed by atoms with Crippen molar-refractivity contribution in [3.63, 3.8) is 0 Å². The van der Waals surface area contributed by atoms with Crippen molar-refractivity contribution >= 4 is 22.4 Å². The minimum absolute atomic E-state index is 0.0800. The van der Waals surface area contributed by atoms with Crippen molar-refractivity contribution in [3.8, 4) is 17.3 Å². The van der Waals surface area contributed by atoms with Gasteiger partial charge in [0.05, 0.1) is 30.4 Å². The molecule has 0 spiro atoms. The highest BCUT2D eigenvalue weighted by molar-refractivity contribution is 7.07. The quantitative estimate of drug-likeness (QED) is 0.625. The molecule has 0 aliphatic heterocycles. The van der Waals surface area contributed by atoms with E-state index in [0.717, 1.165) is 27.9 Å². The first-order valence-electron chi connectivity index (χ1n) is 7.08. The van der Waals surface area contributed by atoms with Gasteiger partial charge in [-0.2, -0.15) is 21.7 Å². The molecule has 4 heterocycles. The maximum absolute atomic E-state index is 9.12. The summed E-state index contributed by atoms with van der Waals surface area (Å²) in [7, 11) is 0. The summed E-state index contributed by atoms with van der Waals surface area (Å²) in [6, 6.07) is 6.15. The number of hydrogen-bond donors (Lipinski definition) is 1. The Kier molecular flexibility index (Phi) is 3.37. The fraction of sp³-hybridized carbons (Fsp3) is 0.125. The van der Waals surface area contributed by atoms with Crippen molar-refractivity contribution in [2.45, 2.75) is 12.5 Å². The zero-order valence-corrected chi connectivity index (χ0v) is 12.9. The number of fused-ring (bicyclic) bond motifs is 1. The zero-order valence-electron chi connectivity index (χ0n) is 12.0. The van der Waals surface area contributed by atoms with Crippen LogP contribution in [-0.2, 0) is 0 Å². The zero-order chi connectivity index (χ0) is 15.6. The summed E-state index contributed by atoms with van der Waals surface area (Å²) in [5, 5.41) is 18.6. The highest BCUT2D eigenvalue weighted by Crippen LogP contribution is 2.28. The van der Waals surface area contributed by atoms with Gasteiger partial charge in [-0.3, -0.25) is 4.68 Å². The van der Waals surface area contributed by atoms with E-state index in [-0.39, 0.29) is 6.04 Å². The average molecular weight is 320 g/mol. The summed E-state index contributed by atoms with van der Waals surface area (Å²) in [4.78, 5) is 11.7. The molecule has 1 atom stereocenters. The normalized spacial score (nSPS) is 12.3. The Balaban J connectivity index is 1.77. The Bertz CT molecular complexity index is 976. The molecule has 23 heavy (non-hydrogen) atoms. The second kappa shape index (κ2) is 5.66. The van der Waals surface area contributed by atoms with Crippen LogP contribution in [0.1, 0.15) is 18.0 Å². The van der Waals surface area contributed by atoms with E-state index in [1.165, 1.54) is 6.33 Å². The molecule has 0 bridgehead atoms. The van der Waals surface area contributed by atoms with E-state index in [1.807, 2.05) is 34.6 Å². The first-order chi connectivity index (χ1) is 11.4. The summed E-state index contributed by atoms with van der Waals surface area (Å²) >= 11 is 1.62. The lowest BCUT2D eigenvalue weighted by molar-refractivity contribution is 0.534. The van der Waals surface area contributed by atoms with Crippen LogP contribution in [0.15, 0.2) is 47.8 Å². The lowest BCUT2D eigenvalue weighted by Crippen LogP contribution is -2.09. The third-order valence-corrected chi connectivity index (χ3v) is 4.46. The third kappa shape index (κ3) is 2.39. The van der Waals surface area contributed by atoms with Gasteiger partial charge in [0.1, 0.15) is 12.0 Å². The van der Waals surface area contributed by atoms with Gasteiger partial charge in [-0.25, -0.2) is 9.97 Å². The Morgan fingerprint density at radius 3 is 3.13 bits per heavy atom. The van der Waals surface area contributed by atoms with Crippen LogP contribution < -0.4 is 0 Å². The largest absolute Gasteiger partial charge is 0.346 e. The van der Waals surface area contributed by atoms with Gasteiger partial charge in [-0.1, -0.05) is 0 Å². The Labute approximate surface area is 136 Å². The summed E-state index contributed by atoms with van der Waals surface area (Å²) in [5.74, 6) is 0. The highest BCUT2D eigenvalue weighted by atomic mass is 32.1. The lowest BCUT2D eigenvalue weighted by atomic mass is 10.1. The molecule has 1 N–H and O–H groups in total. The predicted octanol–water partition coefficient (Wildman–Crippen LogP) is 3.39. The van der Waals surface area contributed by atoms with Crippen LogP contribution in [0.5, 0.6) is 0 Å². The Morgan fingerprint density at radius 1 is 1.35 bits per heavy atom. The fourth-order valence-electron chi connectivity index (χ4n) is 2.65. The summed E-state index contributed by atoms with van der Waals surface area (Å²) in [6.45, 7) is 0. The van der Waals surface area contributed by atoms with Crippen molar-refractivity contribution in [2.24, 2.45) is 0 Å². The molecule has 0 saturated carbocycles. The number of aromatic nitrogens is 5. The number of thiophene rings is 1. The highest BCUT2D eigenvalue weighted by Gasteiger charge is 2.17. The van der Waals surface area contributed by atoms with Gasteiger partial charge in [0, 0.05) is 23.3 Å². The molecule has 7 heteroatoms. The van der Waals surface area contributed by atoms with E-state index in [2.05, 4.69) is 31.5 Å². The van der Waals surface area contributed by atoms with Crippen LogP contribution in [0.25, 0.3) is 22.3 Å². The minimum atomic E-state index is -0.0800. The van der Waals surface area contributed by atoms with Crippen LogP contribution >= 0.6 is 11.3 Å². The van der Waals surface area contributed by atoms with Gasteiger partial charge in [0.25, 0.3) is 0 Å². The van der Waals surface area contributed by atoms with Gasteiger partial charge < -0.3 is 4.98 Å². The fourth-order valence-corrected chi connectivity index (χ4v) is 3.36. The van der Waals surface area contributed by atoms with Gasteiger partial charge in [0.15, 0.2) is 0 Å². The maximum Gasteiger partial charge on any atom is 0.141 e. The number of nitriles is 1. The third-order valence-electron chi connectivity index (χ3n) is 3.76. The average Bonchev–Trinajstić information content (AvgIpc) is 3.32. The van der Waals surface area contributed by atoms with Gasteiger partial charge >= 0.3 is 0 Å². The second-order valence-electron chi connectivity index (χ2n) is 5.11. The van der Waals surface area contributed by atoms with Crippen LogP contribution in [0.4, 0.5) is 0 Å². The monoisotopic (exact) mass is 320 g/mol. The molecule has 0 radical (unpaired) electrons. The van der Waals surface area contributed by atoms with Crippen LogP contribution in [0.3, 0.4) is 0 Å². The van der Waals surface area contributed by atoms with Gasteiger partial charge in [-0.15, -0.1) is 0 Å². The van der Waals surface area contributed by atoms with Crippen molar-refractivity contribution in [1.82, 2.24) is 24.7 Å². The molecule has 1 unspecified atom stereocenters. The molecule has 0 amide bonds. The first-order valence-corrected chi connectivity index (χ1v) is 8.03. The number of nitrogens with one attached hydrogen (secondary N) is 1. The van der Waals surface area contributed by atoms with Gasteiger partial charge in [-0.05, 0) is 28.5 Å². The molecule has 6 nitrogen and oxygen atoms in total. The molecular weight excluding hydrogens is 308 g/mol. The van der Waals surface area contributed by atoms with E-state index >= 15 is 0 Å². The number of hydrogen-bond acceptors (Lipinski definition) is 5. The molecule has 0 aromatic carbocycles. The lowest BCUT2D eigenvalue weighted by Gasteiger charge is -2.12. The van der Waals surface area contributed by atoms with E-state index in [0.29, 0.717) is 6.42 Å². The first kappa shape index (κ1) is 13.7. The standard InChI is InChI=1S/C16H12N6S/c17-4-1-14(11-3-6-23-9-11)22-8-12(7-21-22)15-13-2-5-18-16(13)20-10-19-15/h2-3,5-10,14H,1H2,(H,18,19,20). The second-order valence-corrected chi connectivity index (χ2v) is 5.89. The summed E-state index contributed by atoms with van der Waals surface area (Å²) in [6.07, 6.45) is 7.48. The number of H-pyrrole nitrogens is 1. The maximum atomic E-state index is 9.12. The van der Waals surface area contributed by atoms with Crippen LogP contribution in [0, 0.1) is 11.3 Å². The SMILES string of the molecule is N#CCC(c1ccsc1)n1cc(-c2ncnc3[nH]ccc23)cn1. The molecule has 0 saturated heterocycles. The minimum Gasteiger partial charge on any atom is -0.346 e. The Hall–Kier alpha value is -2.98. The van der Waals surface area contributed by atoms with Gasteiger partial charge in [0.2, 0.25) is 0 Å². The smallest absolute Gasteiger partial charge is 0.141 e. The van der Waals surface area contributed by atoms with Crippen molar-refractivity contribution in [3.05, 3.63) is 53.4 Å². The predicted molar refractivity (Wildman–Crippen MR) is 87.8 cm³/mol. The van der Waals surface area contributed by atoms with Crippen molar-refractivity contribution in [1.29, 1.82) is 5.26 Å².